The van der Waals surface area contributed by atoms with Gasteiger partial charge in [-0.25, -0.2) is 15.0 Å². The van der Waals surface area contributed by atoms with E-state index in [2.05, 4.69) is 15.0 Å². The number of nitrogens with zero attached hydrogens (tertiary/aromatic N) is 3. The Labute approximate surface area is 64.2 Å². The lowest BCUT2D eigenvalue weighted by Gasteiger charge is -1.86. The lowest BCUT2D eigenvalue weighted by molar-refractivity contribution is 1.20. The van der Waals surface area contributed by atoms with Crippen LogP contribution in [0, 0.1) is 0 Å². The first kappa shape index (κ1) is 3.88. The zero-order valence-corrected chi connectivity index (χ0v) is 5.50. The number of fused-ring (bicyclic) bond motifs is 1. The quantitative estimate of drug-likeness (QED) is 0.579. The van der Waals surface area contributed by atoms with Crippen molar-refractivity contribution < 1.29 is 2.78 Å². The van der Waals surface area contributed by atoms with Crippen LogP contribution in [0.4, 0.5) is 0 Å². The largest absolute Gasteiger partial charge is 0.341 e. The second-order valence-electron chi connectivity index (χ2n) is 1.66. The molecule has 0 unspecified atom stereocenters. The maximum Gasteiger partial charge on any atom is 0.182 e. The normalized spacial score (nSPS) is 13.3. The standard InChI is InChI=1S/C5H3ClN4/c6-4-3-5(9-1-7-3)10-2-8-4/h1-2H,(H,7,8,9,10)/i1D/hD. The van der Waals surface area contributed by atoms with Crippen LogP contribution < -0.4 is 0 Å². The molecule has 2 aromatic heterocycles. The highest BCUT2D eigenvalue weighted by Crippen LogP contribution is 2.13. The Morgan fingerprint density at radius 1 is 1.60 bits per heavy atom. The molecule has 0 saturated carbocycles. The van der Waals surface area contributed by atoms with Crippen molar-refractivity contribution in [1.29, 1.82) is 0 Å². The monoisotopic (exact) mass is 156 g/mol. The van der Waals surface area contributed by atoms with Crippen molar-refractivity contribution >= 4 is 22.8 Å². The molecule has 5 heteroatoms. The van der Waals surface area contributed by atoms with Crippen LogP contribution in [-0.2, 0) is 0 Å². The van der Waals surface area contributed by atoms with Crippen LogP contribution in [0.15, 0.2) is 12.6 Å². The zero-order chi connectivity index (χ0) is 8.72. The van der Waals surface area contributed by atoms with Gasteiger partial charge in [0.05, 0.1) is 6.30 Å². The Morgan fingerprint density at radius 3 is 3.30 bits per heavy atom. The summed E-state index contributed by atoms with van der Waals surface area (Å²) in [6.07, 6.45) is 1.05. The Hall–Kier alpha value is -1.16. The minimum atomic E-state index is -0.201. The molecule has 0 aliphatic rings. The predicted octanol–water partition coefficient (Wildman–Crippen LogP) is 1.01. The van der Waals surface area contributed by atoms with E-state index in [1.807, 2.05) is 0 Å². The third-order valence-electron chi connectivity index (χ3n) is 1.08. The van der Waals surface area contributed by atoms with Crippen LogP contribution in [0.2, 0.25) is 6.56 Å². The molecule has 0 saturated heterocycles. The molecule has 0 spiro atoms. The minimum absolute atomic E-state index is 0.140. The van der Waals surface area contributed by atoms with Gasteiger partial charge in [0.15, 0.2) is 12.2 Å². The van der Waals surface area contributed by atoms with Crippen molar-refractivity contribution in [3.8, 4) is 0 Å². The highest BCUT2D eigenvalue weighted by atomic mass is 35.5. The Morgan fingerprint density at radius 2 is 2.50 bits per heavy atom. The highest BCUT2D eigenvalue weighted by molar-refractivity contribution is 6.33. The molecule has 0 atom stereocenters. The van der Waals surface area contributed by atoms with E-state index >= 15 is 0 Å². The van der Waals surface area contributed by atoms with Crippen molar-refractivity contribution in [2.24, 2.45) is 0 Å². The summed E-state index contributed by atoms with van der Waals surface area (Å²) in [5.74, 6) is 0. The van der Waals surface area contributed by atoms with Crippen molar-refractivity contribution in [3.63, 3.8) is 0 Å². The van der Waals surface area contributed by atoms with E-state index in [0.717, 1.165) is 4.98 Å². The molecule has 1 N–H and O–H groups in total. The highest BCUT2D eigenvalue weighted by Gasteiger charge is 2.00. The van der Waals surface area contributed by atoms with Crippen LogP contribution in [0.5, 0.6) is 0 Å². The van der Waals surface area contributed by atoms with Crippen molar-refractivity contribution in [2.75, 3.05) is 0 Å². The molecule has 0 amide bonds. The van der Waals surface area contributed by atoms with Gasteiger partial charge in [-0.05, 0) is 0 Å². The summed E-state index contributed by atoms with van der Waals surface area (Å²) in [7, 11) is 0. The molecule has 0 bridgehead atoms. The van der Waals surface area contributed by atoms with Crippen LogP contribution in [0.25, 0.3) is 11.2 Å². The zero-order valence-electron chi connectivity index (χ0n) is 6.74. The fraction of sp³-hybridized carbons (Fsp3) is 0. The van der Waals surface area contributed by atoms with E-state index in [1.54, 1.807) is 0 Å². The van der Waals surface area contributed by atoms with Gasteiger partial charge in [-0.2, -0.15) is 0 Å². The molecule has 2 heterocycles. The summed E-state index contributed by atoms with van der Waals surface area (Å²) >= 11 is 5.66. The van der Waals surface area contributed by atoms with Gasteiger partial charge in [0.1, 0.15) is 13.2 Å². The van der Waals surface area contributed by atoms with Gasteiger partial charge in [0, 0.05) is 0 Å². The van der Waals surface area contributed by atoms with E-state index in [1.165, 1.54) is 6.33 Å². The first-order valence-corrected chi connectivity index (χ1v) is 2.92. The predicted molar refractivity (Wildman–Crippen MR) is 36.7 cm³/mol. The Balaban J connectivity index is 2.97. The molecule has 0 aromatic carbocycles. The van der Waals surface area contributed by atoms with Crippen LogP contribution in [-0.4, -0.2) is 19.9 Å². The van der Waals surface area contributed by atoms with E-state index in [0.29, 0.717) is 0 Å². The number of aromatic amines is 1. The van der Waals surface area contributed by atoms with Gasteiger partial charge in [-0.1, -0.05) is 11.6 Å². The summed E-state index contributed by atoms with van der Waals surface area (Å²) in [6.45, 7) is 0. The molecule has 2 aromatic rings. The minimum Gasteiger partial charge on any atom is -0.341 e. The number of hydrogen-bond donors (Lipinski definition) is 1. The molecule has 0 radical (unpaired) electrons. The molecule has 0 aliphatic heterocycles. The topological polar surface area (TPSA) is 54.5 Å². The molecule has 50 valence electrons. The number of rotatable bonds is 0. The number of aromatic nitrogens is 4. The number of imidazole rings is 1. The van der Waals surface area contributed by atoms with Gasteiger partial charge >= 0.3 is 0 Å². The lowest BCUT2D eigenvalue weighted by Crippen LogP contribution is -1.80. The van der Waals surface area contributed by atoms with Crippen LogP contribution in [0.1, 0.15) is 1.37 Å². The SMILES string of the molecule is [2H]c1nc2ncnc(Cl)c2n1[2H]. The molecule has 2 rings (SSSR count). The molecule has 4 nitrogen and oxygen atoms in total. The van der Waals surface area contributed by atoms with Gasteiger partial charge in [-0.15, -0.1) is 0 Å². The first-order chi connectivity index (χ1) is 5.70. The fourth-order valence-corrected chi connectivity index (χ4v) is 0.820. The lowest BCUT2D eigenvalue weighted by atomic mass is 10.6. The average Bonchev–Trinajstić information content (AvgIpc) is 2.29. The average molecular weight is 157 g/mol. The molecule has 0 fully saturated rings. The van der Waals surface area contributed by atoms with Gasteiger partial charge in [0.2, 0.25) is 0 Å². The van der Waals surface area contributed by atoms with E-state index in [-0.39, 0.29) is 22.6 Å². The first-order valence-electron chi connectivity index (χ1n) is 3.49. The van der Waals surface area contributed by atoms with E-state index in [9.17, 15) is 0 Å². The molecule has 0 aliphatic carbocycles. The maximum absolute atomic E-state index is 7.31. The second-order valence-corrected chi connectivity index (χ2v) is 2.02. The van der Waals surface area contributed by atoms with Gasteiger partial charge < -0.3 is 4.98 Å². The summed E-state index contributed by atoms with van der Waals surface area (Å²) in [5, 5.41) is 0.140. The summed E-state index contributed by atoms with van der Waals surface area (Å²) < 4.78 is 14.5. The van der Waals surface area contributed by atoms with E-state index < -0.39 is 0 Å². The number of halogens is 1. The summed E-state index contributed by atoms with van der Waals surface area (Å²) in [6, 6.07) is 0. The Kier molecular flexibility index (Phi) is 0.742. The van der Waals surface area contributed by atoms with Crippen molar-refractivity contribution in [2.45, 2.75) is 0 Å². The third-order valence-corrected chi connectivity index (χ3v) is 1.35. The van der Waals surface area contributed by atoms with E-state index in [4.69, 9.17) is 14.4 Å². The smallest absolute Gasteiger partial charge is 0.182 e. The third kappa shape index (κ3) is 0.657. The molecule has 10 heavy (non-hydrogen) atoms. The molecular formula is C5H3ClN4. The number of H-pyrrole nitrogens is 1. The van der Waals surface area contributed by atoms with Crippen molar-refractivity contribution in [3.05, 3.63) is 17.8 Å². The maximum atomic E-state index is 7.31. The molecular weight excluding hydrogens is 152 g/mol. The summed E-state index contributed by atoms with van der Waals surface area (Å²) in [4.78, 5) is 11.9. The second kappa shape index (κ2) is 1.91. The summed E-state index contributed by atoms with van der Waals surface area (Å²) in [5.41, 5.74) is 0.541. The van der Waals surface area contributed by atoms with Crippen LogP contribution in [0.3, 0.4) is 0 Å². The van der Waals surface area contributed by atoms with Gasteiger partial charge in [0.25, 0.3) is 0 Å². The van der Waals surface area contributed by atoms with Gasteiger partial charge in [-0.3, -0.25) is 0 Å². The van der Waals surface area contributed by atoms with Crippen molar-refractivity contribution in [1.82, 2.24) is 19.9 Å². The number of hydrogen-bond acceptors (Lipinski definition) is 3. The number of nitrogens with one attached hydrogen (secondary N) is 1. The van der Waals surface area contributed by atoms with Crippen LogP contribution >= 0.6 is 11.6 Å². The Bertz CT molecular complexity index is 440. The fourth-order valence-electron chi connectivity index (χ4n) is 0.649.